The fraction of sp³-hybridized carbons (Fsp3) is 0.364. The molecule has 0 spiro atoms. The molecule has 2 heterocycles. The third-order valence-corrected chi connectivity index (χ3v) is 5.39. The fourth-order valence-corrected chi connectivity index (χ4v) is 3.96. The Kier molecular flexibility index (Phi) is 4.70. The molecule has 1 fully saturated rings. The zero-order valence-corrected chi connectivity index (χ0v) is 15.0. The minimum Gasteiger partial charge on any atom is -0.449 e. The third kappa shape index (κ3) is 3.00. The molecule has 2 aliphatic heterocycles. The molecule has 2 aromatic rings. The number of hydrogen-bond donors (Lipinski definition) is 2. The maximum absolute atomic E-state index is 9.79. The summed E-state index contributed by atoms with van der Waals surface area (Å²) in [6, 6.07) is 16.3. The lowest BCUT2D eigenvalue weighted by atomic mass is 9.82. The first-order valence-corrected chi connectivity index (χ1v) is 9.30. The van der Waals surface area contributed by atoms with Crippen LogP contribution in [0, 0.1) is 0 Å². The Labute approximate surface area is 154 Å². The number of hydrogen-bond acceptors (Lipinski definition) is 4. The van der Waals surface area contributed by atoms with Crippen LogP contribution in [0.2, 0.25) is 0 Å². The molecule has 0 amide bonds. The first kappa shape index (κ1) is 17.1. The van der Waals surface area contributed by atoms with Gasteiger partial charge in [0.2, 0.25) is 0 Å². The van der Waals surface area contributed by atoms with Gasteiger partial charge in [-0.05, 0) is 49.9 Å². The predicted octanol–water partition coefficient (Wildman–Crippen LogP) is 3.93. The summed E-state index contributed by atoms with van der Waals surface area (Å²) in [6.07, 6.45) is 4.96. The summed E-state index contributed by atoms with van der Waals surface area (Å²) in [5.41, 5.74) is 4.15. The van der Waals surface area contributed by atoms with Crippen LogP contribution in [0.1, 0.15) is 54.0 Å². The van der Waals surface area contributed by atoms with E-state index in [9.17, 15) is 5.11 Å². The molecule has 1 saturated heterocycles. The zero-order valence-electron chi connectivity index (χ0n) is 15.0. The van der Waals surface area contributed by atoms with E-state index in [2.05, 4.69) is 23.5 Å². The van der Waals surface area contributed by atoms with E-state index in [1.807, 2.05) is 30.3 Å². The molecule has 0 radical (unpaired) electrons. The summed E-state index contributed by atoms with van der Waals surface area (Å²) in [7, 11) is 0. The Morgan fingerprint density at radius 2 is 1.65 bits per heavy atom. The maximum Gasteiger partial charge on any atom is 0.304 e. The molecular formula is C22H25NO3. The van der Waals surface area contributed by atoms with Gasteiger partial charge in [0.15, 0.2) is 0 Å². The van der Waals surface area contributed by atoms with E-state index in [1.54, 1.807) is 19.4 Å². The highest BCUT2D eigenvalue weighted by molar-refractivity contribution is 5.43. The fourth-order valence-electron chi connectivity index (χ4n) is 3.96. The van der Waals surface area contributed by atoms with Crippen molar-refractivity contribution in [2.24, 2.45) is 0 Å². The van der Waals surface area contributed by atoms with Gasteiger partial charge in [-0.15, -0.1) is 0 Å². The smallest absolute Gasteiger partial charge is 0.304 e. The molecule has 0 saturated carbocycles. The molecule has 26 heavy (non-hydrogen) atoms. The van der Waals surface area contributed by atoms with Crippen molar-refractivity contribution in [3.63, 3.8) is 0 Å². The van der Waals surface area contributed by atoms with Crippen LogP contribution in [0.5, 0.6) is 0 Å². The van der Waals surface area contributed by atoms with Gasteiger partial charge in [0.05, 0.1) is 6.10 Å². The summed E-state index contributed by atoms with van der Waals surface area (Å²) in [4.78, 5) is 0. The Morgan fingerprint density at radius 1 is 1.00 bits per heavy atom. The minimum atomic E-state index is -0.960. The monoisotopic (exact) mass is 351 g/mol. The summed E-state index contributed by atoms with van der Waals surface area (Å²) in [6.45, 7) is 3.84. The Balaban J connectivity index is 1.77. The number of ether oxygens (including phenoxy) is 2. The van der Waals surface area contributed by atoms with Crippen LogP contribution in [0.3, 0.4) is 0 Å². The number of rotatable bonds is 4. The maximum atomic E-state index is 9.79. The first-order chi connectivity index (χ1) is 12.7. The summed E-state index contributed by atoms with van der Waals surface area (Å²) >= 11 is 0. The van der Waals surface area contributed by atoms with Gasteiger partial charge in [0.25, 0.3) is 0 Å². The van der Waals surface area contributed by atoms with E-state index in [0.717, 1.165) is 42.6 Å². The van der Waals surface area contributed by atoms with Crippen molar-refractivity contribution >= 4 is 0 Å². The van der Waals surface area contributed by atoms with E-state index in [4.69, 9.17) is 9.47 Å². The standard InChI is InChI=1S/C22H25NO3/c1-16(24)17-6-8-19(9-7-17)22(25-14-15-26-22)21-5-3-2-4-20(21)18-10-12-23-13-11-18/h2-9,14-16,18,23-24H,10-13H2,1H3. The van der Waals surface area contributed by atoms with Crippen LogP contribution in [0.4, 0.5) is 0 Å². The summed E-state index contributed by atoms with van der Waals surface area (Å²) < 4.78 is 12.1. The average Bonchev–Trinajstić information content (AvgIpc) is 3.20. The summed E-state index contributed by atoms with van der Waals surface area (Å²) in [5, 5.41) is 13.2. The predicted molar refractivity (Wildman–Crippen MR) is 100 cm³/mol. The quantitative estimate of drug-likeness (QED) is 0.876. The van der Waals surface area contributed by atoms with Crippen molar-refractivity contribution in [3.05, 3.63) is 83.3 Å². The normalized spacial score (nSPS) is 20.4. The number of aliphatic hydroxyl groups excluding tert-OH is 1. The molecule has 1 atom stereocenters. The van der Waals surface area contributed by atoms with Gasteiger partial charge in [0.1, 0.15) is 12.5 Å². The average molecular weight is 351 g/mol. The third-order valence-electron chi connectivity index (χ3n) is 5.39. The van der Waals surface area contributed by atoms with E-state index < -0.39 is 11.9 Å². The van der Waals surface area contributed by atoms with Gasteiger partial charge >= 0.3 is 5.79 Å². The SMILES string of the molecule is CC(O)c1ccc(C2(c3ccccc3C3CCNCC3)OC=CO2)cc1. The molecule has 2 aromatic carbocycles. The van der Waals surface area contributed by atoms with Gasteiger partial charge < -0.3 is 19.9 Å². The Bertz CT molecular complexity index is 768. The molecular weight excluding hydrogens is 326 g/mol. The molecule has 136 valence electrons. The van der Waals surface area contributed by atoms with E-state index in [-0.39, 0.29) is 0 Å². The van der Waals surface area contributed by atoms with Gasteiger partial charge in [-0.1, -0.05) is 48.5 Å². The topological polar surface area (TPSA) is 50.7 Å². The van der Waals surface area contributed by atoms with Crippen molar-refractivity contribution in [2.75, 3.05) is 13.1 Å². The molecule has 4 rings (SSSR count). The highest BCUT2D eigenvalue weighted by atomic mass is 16.7. The number of piperidine rings is 1. The largest absolute Gasteiger partial charge is 0.449 e. The second kappa shape index (κ2) is 7.14. The van der Waals surface area contributed by atoms with Crippen LogP contribution >= 0.6 is 0 Å². The highest BCUT2D eigenvalue weighted by Gasteiger charge is 2.43. The van der Waals surface area contributed by atoms with Gasteiger partial charge in [-0.2, -0.15) is 0 Å². The molecule has 2 aliphatic rings. The molecule has 4 nitrogen and oxygen atoms in total. The van der Waals surface area contributed by atoms with Gasteiger partial charge in [-0.25, -0.2) is 0 Å². The lowest BCUT2D eigenvalue weighted by Gasteiger charge is -2.33. The van der Waals surface area contributed by atoms with Gasteiger partial charge in [-0.3, -0.25) is 0 Å². The van der Waals surface area contributed by atoms with Crippen molar-refractivity contribution in [3.8, 4) is 0 Å². The van der Waals surface area contributed by atoms with Crippen molar-refractivity contribution in [2.45, 2.75) is 37.6 Å². The van der Waals surface area contributed by atoms with Crippen LogP contribution in [-0.2, 0) is 15.3 Å². The van der Waals surface area contributed by atoms with E-state index in [1.165, 1.54) is 5.56 Å². The molecule has 0 aliphatic carbocycles. The minimum absolute atomic E-state index is 0.494. The molecule has 0 bridgehead atoms. The number of aliphatic hydroxyl groups is 1. The van der Waals surface area contributed by atoms with Crippen LogP contribution in [0.25, 0.3) is 0 Å². The van der Waals surface area contributed by atoms with Crippen LogP contribution in [-0.4, -0.2) is 18.2 Å². The molecule has 4 heteroatoms. The zero-order chi connectivity index (χ0) is 18.0. The second-order valence-electron chi connectivity index (χ2n) is 7.03. The molecule has 2 N–H and O–H groups in total. The van der Waals surface area contributed by atoms with Crippen molar-refractivity contribution in [1.29, 1.82) is 0 Å². The van der Waals surface area contributed by atoms with Gasteiger partial charge in [0, 0.05) is 11.1 Å². The van der Waals surface area contributed by atoms with Crippen LogP contribution in [0.15, 0.2) is 61.1 Å². The van der Waals surface area contributed by atoms with E-state index >= 15 is 0 Å². The second-order valence-corrected chi connectivity index (χ2v) is 7.03. The van der Waals surface area contributed by atoms with Crippen molar-refractivity contribution < 1.29 is 14.6 Å². The lowest BCUT2D eigenvalue weighted by molar-refractivity contribution is -0.113. The highest BCUT2D eigenvalue weighted by Crippen LogP contribution is 2.43. The number of benzene rings is 2. The van der Waals surface area contributed by atoms with Crippen molar-refractivity contribution in [1.82, 2.24) is 5.32 Å². The summed E-state index contributed by atoms with van der Waals surface area (Å²) in [5.74, 6) is -0.465. The number of nitrogens with one attached hydrogen (secondary N) is 1. The molecule has 0 aromatic heterocycles. The first-order valence-electron chi connectivity index (χ1n) is 9.30. The Hall–Kier alpha value is -2.30. The lowest BCUT2D eigenvalue weighted by Crippen LogP contribution is -2.32. The van der Waals surface area contributed by atoms with Crippen LogP contribution < -0.4 is 5.32 Å². The van der Waals surface area contributed by atoms with E-state index in [0.29, 0.717) is 5.92 Å². The molecule has 1 unspecified atom stereocenters. The Morgan fingerprint density at radius 3 is 2.31 bits per heavy atom.